The van der Waals surface area contributed by atoms with Crippen LogP contribution in [0.3, 0.4) is 0 Å². The molecule has 0 saturated carbocycles. The van der Waals surface area contributed by atoms with Crippen LogP contribution in [0.1, 0.15) is 19.8 Å². The molecule has 6 heteroatoms. The zero-order valence-electron chi connectivity index (χ0n) is 14.1. The Bertz CT molecular complexity index is 705. The number of rotatable bonds is 4. The second-order valence-corrected chi connectivity index (χ2v) is 5.93. The van der Waals surface area contributed by atoms with Gasteiger partial charge in [-0.1, -0.05) is 6.92 Å². The van der Waals surface area contributed by atoms with Gasteiger partial charge in [-0.05, 0) is 24.8 Å². The van der Waals surface area contributed by atoms with E-state index >= 15 is 0 Å². The van der Waals surface area contributed by atoms with Crippen LogP contribution in [0.2, 0.25) is 0 Å². The van der Waals surface area contributed by atoms with E-state index in [1.165, 1.54) is 12.8 Å². The number of piperidine rings is 1. The third-order valence-corrected chi connectivity index (χ3v) is 4.37. The highest BCUT2D eigenvalue weighted by molar-refractivity contribution is 5.97. The topological polar surface area (TPSA) is 56.7 Å². The molecule has 0 N–H and O–H groups in total. The molecule has 1 fully saturated rings. The van der Waals surface area contributed by atoms with Crippen molar-refractivity contribution in [1.29, 1.82) is 0 Å². The number of hydrogen-bond donors (Lipinski definition) is 0. The zero-order chi connectivity index (χ0) is 16.4. The van der Waals surface area contributed by atoms with Crippen LogP contribution in [0.5, 0.6) is 17.2 Å². The fraction of sp³-hybridized carbons (Fsp3) is 0.529. The lowest BCUT2D eigenvalue weighted by Gasteiger charge is -2.32. The predicted molar refractivity (Wildman–Crippen MR) is 89.8 cm³/mol. The summed E-state index contributed by atoms with van der Waals surface area (Å²) in [6, 6.07) is 1.94. The van der Waals surface area contributed by atoms with Crippen molar-refractivity contribution >= 4 is 16.7 Å². The average molecular weight is 317 g/mol. The second kappa shape index (κ2) is 6.48. The normalized spacial score (nSPS) is 18.1. The van der Waals surface area contributed by atoms with E-state index in [9.17, 15) is 0 Å². The maximum Gasteiger partial charge on any atom is 0.205 e. The van der Waals surface area contributed by atoms with Crippen molar-refractivity contribution in [2.75, 3.05) is 39.3 Å². The maximum atomic E-state index is 5.54. The summed E-state index contributed by atoms with van der Waals surface area (Å²) in [4.78, 5) is 11.3. The number of hydrogen-bond acceptors (Lipinski definition) is 6. The summed E-state index contributed by atoms with van der Waals surface area (Å²) in [7, 11) is 4.83. The summed E-state index contributed by atoms with van der Waals surface area (Å²) in [5.74, 6) is 3.35. The van der Waals surface area contributed by atoms with Gasteiger partial charge in [-0.25, -0.2) is 9.97 Å². The molecule has 6 nitrogen and oxygen atoms in total. The Hall–Kier alpha value is -2.24. The third kappa shape index (κ3) is 2.73. The molecule has 2 aromatic rings. The molecule has 0 radical (unpaired) electrons. The van der Waals surface area contributed by atoms with Gasteiger partial charge < -0.3 is 19.1 Å². The number of methoxy groups -OCH3 is 3. The maximum absolute atomic E-state index is 5.54. The molecule has 3 rings (SSSR count). The highest BCUT2D eigenvalue weighted by atomic mass is 16.5. The van der Waals surface area contributed by atoms with Crippen molar-refractivity contribution in [1.82, 2.24) is 9.97 Å². The predicted octanol–water partition coefficient (Wildman–Crippen LogP) is 2.89. The number of aromatic nitrogens is 2. The van der Waals surface area contributed by atoms with Crippen molar-refractivity contribution in [3.63, 3.8) is 0 Å². The summed E-state index contributed by atoms with van der Waals surface area (Å²) in [5.41, 5.74) is 0.744. The van der Waals surface area contributed by atoms with Crippen molar-refractivity contribution in [3.05, 3.63) is 12.4 Å². The summed E-state index contributed by atoms with van der Waals surface area (Å²) in [6.07, 6.45) is 4.03. The molecule has 0 bridgehead atoms. The Labute approximate surface area is 136 Å². The number of anilines is 1. The van der Waals surface area contributed by atoms with Gasteiger partial charge in [-0.3, -0.25) is 0 Å². The molecule has 1 atom stereocenters. The zero-order valence-corrected chi connectivity index (χ0v) is 14.1. The molecule has 1 saturated heterocycles. The molecule has 23 heavy (non-hydrogen) atoms. The van der Waals surface area contributed by atoms with Crippen LogP contribution in [0.15, 0.2) is 12.4 Å². The van der Waals surface area contributed by atoms with Gasteiger partial charge in [0.25, 0.3) is 0 Å². The summed E-state index contributed by atoms with van der Waals surface area (Å²) in [6.45, 7) is 4.29. The molecular weight excluding hydrogens is 294 g/mol. The number of fused-ring (bicyclic) bond motifs is 1. The molecule has 1 aliphatic heterocycles. The first-order chi connectivity index (χ1) is 11.2. The average Bonchev–Trinajstić information content (AvgIpc) is 2.59. The Morgan fingerprint density at radius 3 is 2.52 bits per heavy atom. The lowest BCUT2D eigenvalue weighted by Crippen LogP contribution is -2.35. The Balaban J connectivity index is 2.20. The molecule has 0 aliphatic carbocycles. The quantitative estimate of drug-likeness (QED) is 0.864. The monoisotopic (exact) mass is 317 g/mol. The second-order valence-electron chi connectivity index (χ2n) is 5.93. The number of benzene rings is 1. The molecule has 2 heterocycles. The SMILES string of the molecule is COc1cc2c(N3CCCC(C)C3)ncnc2c(OC)c1OC. The highest BCUT2D eigenvalue weighted by Gasteiger charge is 2.24. The van der Waals surface area contributed by atoms with Crippen LogP contribution in [0, 0.1) is 5.92 Å². The summed E-state index contributed by atoms with van der Waals surface area (Å²) >= 11 is 0. The van der Waals surface area contributed by atoms with Gasteiger partial charge in [0, 0.05) is 13.1 Å². The summed E-state index contributed by atoms with van der Waals surface area (Å²) < 4.78 is 16.5. The lowest BCUT2D eigenvalue weighted by molar-refractivity contribution is 0.327. The van der Waals surface area contributed by atoms with Gasteiger partial charge in [0.1, 0.15) is 17.7 Å². The van der Waals surface area contributed by atoms with E-state index in [1.807, 2.05) is 6.07 Å². The Kier molecular flexibility index (Phi) is 4.41. The molecule has 124 valence electrons. The van der Waals surface area contributed by atoms with Crippen molar-refractivity contribution < 1.29 is 14.2 Å². The van der Waals surface area contributed by atoms with Gasteiger partial charge in [-0.2, -0.15) is 0 Å². The standard InChI is InChI=1S/C17H23N3O3/c1-11-6-5-7-20(9-11)17-12-8-13(21-2)15(22-3)16(23-4)14(12)18-10-19-17/h8,10-11H,5-7,9H2,1-4H3. The van der Waals surface area contributed by atoms with E-state index < -0.39 is 0 Å². The van der Waals surface area contributed by atoms with E-state index in [4.69, 9.17) is 14.2 Å². The first-order valence-corrected chi connectivity index (χ1v) is 7.88. The molecule has 1 unspecified atom stereocenters. The molecule has 1 aliphatic rings. The van der Waals surface area contributed by atoms with Gasteiger partial charge in [0.2, 0.25) is 5.75 Å². The van der Waals surface area contributed by atoms with E-state index in [0.717, 1.165) is 29.8 Å². The minimum Gasteiger partial charge on any atom is -0.493 e. The number of ether oxygens (including phenoxy) is 3. The number of nitrogens with zero attached hydrogens (tertiary/aromatic N) is 3. The minimum absolute atomic E-state index is 0.555. The van der Waals surface area contributed by atoms with Crippen LogP contribution >= 0.6 is 0 Å². The minimum atomic E-state index is 0.555. The molecular formula is C17H23N3O3. The van der Waals surface area contributed by atoms with Crippen molar-refractivity contribution in [2.45, 2.75) is 19.8 Å². The van der Waals surface area contributed by atoms with Gasteiger partial charge >= 0.3 is 0 Å². The van der Waals surface area contributed by atoms with Gasteiger partial charge in [0.15, 0.2) is 11.5 Å². The molecule has 0 spiro atoms. The smallest absolute Gasteiger partial charge is 0.205 e. The molecule has 0 amide bonds. The van der Waals surface area contributed by atoms with E-state index in [1.54, 1.807) is 27.7 Å². The van der Waals surface area contributed by atoms with E-state index in [-0.39, 0.29) is 0 Å². The first kappa shape index (κ1) is 15.6. The van der Waals surface area contributed by atoms with Gasteiger partial charge in [-0.15, -0.1) is 0 Å². The fourth-order valence-corrected chi connectivity index (χ4v) is 3.28. The van der Waals surface area contributed by atoms with Gasteiger partial charge in [0.05, 0.1) is 26.7 Å². The van der Waals surface area contributed by atoms with Crippen LogP contribution in [-0.2, 0) is 0 Å². The van der Waals surface area contributed by atoms with E-state index in [0.29, 0.717) is 23.2 Å². The molecule has 1 aromatic heterocycles. The summed E-state index contributed by atoms with van der Waals surface area (Å²) in [5, 5.41) is 0.927. The van der Waals surface area contributed by atoms with Crippen molar-refractivity contribution in [2.24, 2.45) is 5.92 Å². The fourth-order valence-electron chi connectivity index (χ4n) is 3.28. The largest absolute Gasteiger partial charge is 0.493 e. The van der Waals surface area contributed by atoms with Crippen LogP contribution < -0.4 is 19.1 Å². The van der Waals surface area contributed by atoms with Crippen LogP contribution in [0.25, 0.3) is 10.9 Å². The Morgan fingerprint density at radius 1 is 1.09 bits per heavy atom. The lowest BCUT2D eigenvalue weighted by atomic mass is 10.00. The van der Waals surface area contributed by atoms with Crippen LogP contribution in [0.4, 0.5) is 5.82 Å². The van der Waals surface area contributed by atoms with Crippen molar-refractivity contribution in [3.8, 4) is 17.2 Å². The molecule has 1 aromatic carbocycles. The van der Waals surface area contributed by atoms with Crippen LogP contribution in [-0.4, -0.2) is 44.4 Å². The third-order valence-electron chi connectivity index (χ3n) is 4.37. The highest BCUT2D eigenvalue weighted by Crippen LogP contribution is 2.44. The van der Waals surface area contributed by atoms with E-state index in [2.05, 4.69) is 21.8 Å². The Morgan fingerprint density at radius 2 is 1.87 bits per heavy atom. The first-order valence-electron chi connectivity index (χ1n) is 7.88.